The molecular weight excluding hydrogens is 455 g/mol. The van der Waals surface area contributed by atoms with Gasteiger partial charge >= 0.3 is 0 Å². The van der Waals surface area contributed by atoms with E-state index in [1.807, 2.05) is 0 Å². The Balaban J connectivity index is 1.86. The second-order valence-electron chi connectivity index (χ2n) is 8.51. The fraction of sp³-hybridized carbons (Fsp3) is 0.346. The Kier molecular flexibility index (Phi) is 7.35. The molecular formula is C26H28F3N5O. The van der Waals surface area contributed by atoms with Crippen LogP contribution in [0.15, 0.2) is 36.4 Å². The van der Waals surface area contributed by atoms with Gasteiger partial charge in [0, 0.05) is 42.1 Å². The third kappa shape index (κ3) is 5.14. The van der Waals surface area contributed by atoms with Crippen molar-refractivity contribution in [1.29, 1.82) is 0 Å². The van der Waals surface area contributed by atoms with Gasteiger partial charge in [-0.1, -0.05) is 19.9 Å². The number of aryl methyl sites for hydroxylation is 1. The van der Waals surface area contributed by atoms with Crippen molar-refractivity contribution in [2.24, 2.45) is 0 Å². The van der Waals surface area contributed by atoms with Gasteiger partial charge in [-0.3, -0.25) is 4.79 Å². The van der Waals surface area contributed by atoms with Crippen molar-refractivity contribution in [3.63, 3.8) is 0 Å². The van der Waals surface area contributed by atoms with Crippen molar-refractivity contribution in [3.05, 3.63) is 70.5 Å². The molecule has 184 valence electrons. The van der Waals surface area contributed by atoms with Crippen molar-refractivity contribution in [2.45, 2.75) is 33.1 Å². The smallest absolute Gasteiger partial charge is 0.226 e. The second-order valence-corrected chi connectivity index (χ2v) is 8.51. The number of nitrogens with one attached hydrogen (secondary N) is 2. The maximum absolute atomic E-state index is 14.8. The number of hydrogen-bond donors (Lipinski definition) is 2. The molecule has 2 aromatic carbocycles. The number of rotatable bonds is 8. The molecule has 2 N–H and O–H groups in total. The number of nitrogens with zero attached hydrogens (tertiary/aromatic N) is 3. The lowest BCUT2D eigenvalue weighted by Crippen LogP contribution is -2.30. The van der Waals surface area contributed by atoms with Crippen molar-refractivity contribution in [1.82, 2.24) is 14.9 Å². The van der Waals surface area contributed by atoms with Crippen LogP contribution in [0.5, 0.6) is 0 Å². The van der Waals surface area contributed by atoms with E-state index in [9.17, 15) is 18.0 Å². The monoisotopic (exact) mass is 483 g/mol. The second kappa shape index (κ2) is 10.4. The van der Waals surface area contributed by atoms with E-state index in [1.165, 1.54) is 18.2 Å². The Morgan fingerprint density at radius 3 is 2.43 bits per heavy atom. The van der Waals surface area contributed by atoms with Crippen LogP contribution in [-0.2, 0) is 4.79 Å². The fourth-order valence-corrected chi connectivity index (χ4v) is 4.50. The van der Waals surface area contributed by atoms with E-state index in [2.05, 4.69) is 34.4 Å². The van der Waals surface area contributed by atoms with Crippen molar-refractivity contribution in [2.75, 3.05) is 36.8 Å². The SMILES string of the molecule is CCN(CC)CCNc1nc2c(c(-c3ccc(F)cc3C)n1)[C@@H](c1c(F)cccc1F)CC(=O)N2. The first kappa shape index (κ1) is 24.7. The lowest BCUT2D eigenvalue weighted by atomic mass is 9.82. The van der Waals surface area contributed by atoms with Gasteiger partial charge in [0.2, 0.25) is 11.9 Å². The molecule has 0 bridgehead atoms. The minimum absolute atomic E-state index is 0.170. The Bertz CT molecular complexity index is 1230. The summed E-state index contributed by atoms with van der Waals surface area (Å²) in [4.78, 5) is 24.0. The van der Waals surface area contributed by atoms with Crippen LogP contribution in [-0.4, -0.2) is 47.0 Å². The van der Waals surface area contributed by atoms with E-state index >= 15 is 0 Å². The van der Waals surface area contributed by atoms with Gasteiger partial charge in [-0.2, -0.15) is 4.98 Å². The highest BCUT2D eigenvalue weighted by Crippen LogP contribution is 2.44. The molecule has 6 nitrogen and oxygen atoms in total. The molecule has 0 saturated heterocycles. The fourth-order valence-electron chi connectivity index (χ4n) is 4.50. The maximum atomic E-state index is 14.8. The molecule has 1 amide bonds. The molecule has 9 heteroatoms. The molecule has 0 saturated carbocycles. The summed E-state index contributed by atoms with van der Waals surface area (Å²) in [6.45, 7) is 9.00. The van der Waals surface area contributed by atoms with Crippen molar-refractivity contribution >= 4 is 17.7 Å². The van der Waals surface area contributed by atoms with Crippen molar-refractivity contribution < 1.29 is 18.0 Å². The highest BCUT2D eigenvalue weighted by Gasteiger charge is 2.35. The van der Waals surface area contributed by atoms with Gasteiger partial charge in [-0.05, 0) is 55.9 Å². The first-order valence-corrected chi connectivity index (χ1v) is 11.7. The minimum Gasteiger partial charge on any atom is -0.353 e. The first-order chi connectivity index (χ1) is 16.8. The van der Waals surface area contributed by atoms with E-state index in [0.29, 0.717) is 28.9 Å². The topological polar surface area (TPSA) is 70.1 Å². The summed E-state index contributed by atoms with van der Waals surface area (Å²) in [5.74, 6) is -2.80. The van der Waals surface area contributed by atoms with E-state index in [4.69, 9.17) is 4.98 Å². The molecule has 0 fully saturated rings. The van der Waals surface area contributed by atoms with E-state index in [-0.39, 0.29) is 23.8 Å². The van der Waals surface area contributed by atoms with Crippen LogP contribution in [0.1, 0.15) is 42.9 Å². The molecule has 2 heterocycles. The summed E-state index contributed by atoms with van der Waals surface area (Å²) >= 11 is 0. The highest BCUT2D eigenvalue weighted by molar-refractivity contribution is 5.96. The highest BCUT2D eigenvalue weighted by atomic mass is 19.1. The molecule has 1 atom stereocenters. The zero-order chi connectivity index (χ0) is 25.1. The van der Waals surface area contributed by atoms with Crippen LogP contribution in [0.3, 0.4) is 0 Å². The largest absolute Gasteiger partial charge is 0.353 e. The number of fused-ring (bicyclic) bond motifs is 1. The molecule has 0 unspecified atom stereocenters. The van der Waals surface area contributed by atoms with Gasteiger partial charge in [0.1, 0.15) is 23.3 Å². The normalized spacial score (nSPS) is 15.2. The van der Waals surface area contributed by atoms with Crippen LogP contribution in [0.25, 0.3) is 11.3 Å². The summed E-state index contributed by atoms with van der Waals surface area (Å²) in [6, 6.07) is 7.87. The molecule has 0 aliphatic carbocycles. The Hall–Kier alpha value is -3.46. The number of carbonyl (C=O) groups excluding carboxylic acids is 1. The molecule has 4 rings (SSSR count). The average molecular weight is 484 g/mol. The zero-order valence-electron chi connectivity index (χ0n) is 20.0. The Morgan fingerprint density at radius 1 is 1.06 bits per heavy atom. The van der Waals surface area contributed by atoms with Gasteiger partial charge in [-0.15, -0.1) is 0 Å². The van der Waals surface area contributed by atoms with Gasteiger partial charge in [0.25, 0.3) is 0 Å². The van der Waals surface area contributed by atoms with Gasteiger partial charge in [0.05, 0.1) is 5.69 Å². The Labute approximate surface area is 202 Å². The summed E-state index contributed by atoms with van der Waals surface area (Å²) in [5.41, 5.74) is 1.78. The zero-order valence-corrected chi connectivity index (χ0v) is 20.0. The van der Waals surface area contributed by atoms with Crippen LogP contribution >= 0.6 is 0 Å². The molecule has 1 aromatic heterocycles. The third-order valence-corrected chi connectivity index (χ3v) is 6.34. The number of hydrogen-bond acceptors (Lipinski definition) is 5. The standard InChI is InChI=1S/C26H28F3N5O/c1-4-34(5-2)12-11-30-26-32-24(17-10-9-16(27)13-15(17)3)23-18(14-21(35)31-25(23)33-26)22-19(28)7-6-8-20(22)29/h6-10,13,18H,4-5,11-12,14H2,1-3H3,(H2,30,31,32,33,35)/t18-/m1/s1. The van der Waals surface area contributed by atoms with Crippen LogP contribution in [0, 0.1) is 24.4 Å². The lowest BCUT2D eigenvalue weighted by Gasteiger charge is -2.28. The maximum Gasteiger partial charge on any atom is 0.226 e. The van der Waals surface area contributed by atoms with Gasteiger partial charge < -0.3 is 15.5 Å². The molecule has 1 aliphatic heterocycles. The minimum atomic E-state index is -0.941. The van der Waals surface area contributed by atoms with Crippen molar-refractivity contribution in [3.8, 4) is 11.3 Å². The van der Waals surface area contributed by atoms with Crippen LogP contribution in [0.2, 0.25) is 0 Å². The predicted molar refractivity (Wildman–Crippen MR) is 130 cm³/mol. The third-order valence-electron chi connectivity index (χ3n) is 6.34. The van der Waals surface area contributed by atoms with Crippen LogP contribution in [0.4, 0.5) is 24.9 Å². The number of benzene rings is 2. The average Bonchev–Trinajstić information content (AvgIpc) is 2.81. The van der Waals surface area contributed by atoms with E-state index in [0.717, 1.165) is 31.8 Å². The summed E-state index contributed by atoms with van der Waals surface area (Å²) in [6.07, 6.45) is -0.170. The van der Waals surface area contributed by atoms with E-state index < -0.39 is 29.3 Å². The lowest BCUT2D eigenvalue weighted by molar-refractivity contribution is -0.116. The van der Waals surface area contributed by atoms with E-state index in [1.54, 1.807) is 13.0 Å². The van der Waals surface area contributed by atoms with Gasteiger partial charge in [-0.25, -0.2) is 18.2 Å². The summed E-state index contributed by atoms with van der Waals surface area (Å²) < 4.78 is 43.5. The number of likely N-dealkylation sites (N-methyl/N-ethyl adjacent to an activating group) is 1. The molecule has 1 aliphatic rings. The molecule has 35 heavy (non-hydrogen) atoms. The number of carbonyl (C=O) groups is 1. The Morgan fingerprint density at radius 2 is 1.77 bits per heavy atom. The number of aromatic nitrogens is 2. The summed E-state index contributed by atoms with van der Waals surface area (Å²) in [7, 11) is 0. The molecule has 0 spiro atoms. The number of amides is 1. The summed E-state index contributed by atoms with van der Waals surface area (Å²) in [5, 5.41) is 5.93. The molecule has 0 radical (unpaired) electrons. The number of halogens is 3. The molecule has 3 aromatic rings. The number of anilines is 2. The van der Waals surface area contributed by atoms with Gasteiger partial charge in [0.15, 0.2) is 0 Å². The van der Waals surface area contributed by atoms with Crippen LogP contribution < -0.4 is 10.6 Å². The predicted octanol–water partition coefficient (Wildman–Crippen LogP) is 5.10. The quantitative estimate of drug-likeness (QED) is 0.467. The first-order valence-electron chi connectivity index (χ1n) is 11.7.